The van der Waals surface area contributed by atoms with Crippen LogP contribution >= 0.6 is 0 Å². The van der Waals surface area contributed by atoms with E-state index in [0.717, 1.165) is 18.8 Å². The van der Waals surface area contributed by atoms with Gasteiger partial charge in [0, 0.05) is 13.0 Å². The van der Waals surface area contributed by atoms with E-state index in [-0.39, 0.29) is 18.6 Å². The quantitative estimate of drug-likeness (QED) is 0.719. The lowest BCUT2D eigenvalue weighted by molar-refractivity contribution is -0.135. The van der Waals surface area contributed by atoms with Gasteiger partial charge in [0.2, 0.25) is 5.91 Å². The number of likely N-dealkylation sites (tertiary alicyclic amines) is 1. The molecule has 3 heteroatoms. The number of aliphatic hydroxyl groups is 1. The second kappa shape index (κ2) is 7.09. The van der Waals surface area contributed by atoms with Crippen LogP contribution in [0.25, 0.3) is 0 Å². The van der Waals surface area contributed by atoms with Crippen molar-refractivity contribution in [3.63, 3.8) is 0 Å². The summed E-state index contributed by atoms with van der Waals surface area (Å²) in [7, 11) is 0. The van der Waals surface area contributed by atoms with Crippen LogP contribution in [0.5, 0.6) is 0 Å². The fourth-order valence-electron chi connectivity index (χ4n) is 2.86. The Hall–Kier alpha value is -0.830. The average molecular weight is 265 g/mol. The summed E-state index contributed by atoms with van der Waals surface area (Å²) in [6.07, 6.45) is 12.6. The van der Waals surface area contributed by atoms with Crippen LogP contribution in [-0.2, 0) is 4.79 Å². The van der Waals surface area contributed by atoms with Gasteiger partial charge in [-0.05, 0) is 37.5 Å². The van der Waals surface area contributed by atoms with Crippen LogP contribution < -0.4 is 0 Å². The van der Waals surface area contributed by atoms with Crippen LogP contribution in [0, 0.1) is 11.8 Å². The van der Waals surface area contributed by atoms with Crippen LogP contribution in [-0.4, -0.2) is 35.1 Å². The zero-order chi connectivity index (χ0) is 13.7. The van der Waals surface area contributed by atoms with Gasteiger partial charge in [0.05, 0.1) is 12.6 Å². The zero-order valence-corrected chi connectivity index (χ0v) is 12.1. The maximum Gasteiger partial charge on any atom is 0.223 e. The minimum absolute atomic E-state index is 0.0628. The maximum absolute atomic E-state index is 11.8. The maximum atomic E-state index is 11.8. The predicted molar refractivity (Wildman–Crippen MR) is 76.7 cm³/mol. The molecule has 19 heavy (non-hydrogen) atoms. The van der Waals surface area contributed by atoms with Crippen molar-refractivity contribution in [3.05, 3.63) is 12.2 Å². The molecule has 0 aromatic carbocycles. The number of carbonyl (C=O) groups excluding carboxylic acids is 1. The molecular formula is C16H27NO2. The number of nitrogens with zero attached hydrogens (tertiary/aromatic N) is 1. The predicted octanol–water partition coefficient (Wildman–Crippen LogP) is 2.74. The zero-order valence-electron chi connectivity index (χ0n) is 12.1. The Balaban J connectivity index is 1.81. The van der Waals surface area contributed by atoms with E-state index in [1.165, 1.54) is 25.7 Å². The summed E-state index contributed by atoms with van der Waals surface area (Å²) < 4.78 is 0. The number of carbonyl (C=O) groups is 1. The topological polar surface area (TPSA) is 40.5 Å². The summed E-state index contributed by atoms with van der Waals surface area (Å²) in [5.41, 5.74) is 0. The third-order valence-corrected chi connectivity index (χ3v) is 4.34. The molecule has 1 heterocycles. The molecule has 108 valence electrons. The molecule has 0 aromatic heterocycles. The standard InChI is InChI=1S/C16H27NO2/c1-13(5-7-14-8-9-14)6-10-15-3-2-4-16(19)17(15)11-12-18/h6,10,13-15,18H,2-5,7-9,11-12H2,1H3/b10-6+/t13-,15+/m0/s1. The van der Waals surface area contributed by atoms with Crippen molar-refractivity contribution < 1.29 is 9.90 Å². The molecule has 2 rings (SSSR count). The highest BCUT2D eigenvalue weighted by Crippen LogP contribution is 2.34. The van der Waals surface area contributed by atoms with Gasteiger partial charge in [0.1, 0.15) is 0 Å². The monoisotopic (exact) mass is 265 g/mol. The summed E-state index contributed by atoms with van der Waals surface area (Å²) >= 11 is 0. The lowest BCUT2D eigenvalue weighted by Crippen LogP contribution is -2.44. The number of piperidine rings is 1. The summed E-state index contributed by atoms with van der Waals surface area (Å²) in [5, 5.41) is 9.07. The van der Waals surface area contributed by atoms with Crippen molar-refractivity contribution in [1.82, 2.24) is 4.90 Å². The minimum Gasteiger partial charge on any atom is -0.395 e. The largest absolute Gasteiger partial charge is 0.395 e. The van der Waals surface area contributed by atoms with E-state index in [2.05, 4.69) is 19.1 Å². The van der Waals surface area contributed by atoms with Gasteiger partial charge in [-0.2, -0.15) is 0 Å². The molecule has 0 bridgehead atoms. The SMILES string of the molecule is C[C@H](/C=C/[C@H]1CCCC(=O)N1CCO)CCC1CC1. The van der Waals surface area contributed by atoms with Crippen LogP contribution in [0.15, 0.2) is 12.2 Å². The summed E-state index contributed by atoms with van der Waals surface area (Å²) in [5.74, 6) is 1.80. The first-order valence-electron chi connectivity index (χ1n) is 7.79. The van der Waals surface area contributed by atoms with Crippen molar-refractivity contribution in [2.45, 2.75) is 57.9 Å². The molecule has 1 saturated heterocycles. The van der Waals surface area contributed by atoms with E-state index in [4.69, 9.17) is 5.11 Å². The molecule has 1 N–H and O–H groups in total. The number of aliphatic hydroxyl groups excluding tert-OH is 1. The Morgan fingerprint density at radius 2 is 2.21 bits per heavy atom. The van der Waals surface area contributed by atoms with Gasteiger partial charge >= 0.3 is 0 Å². The average Bonchev–Trinajstić information content (AvgIpc) is 3.21. The molecule has 0 aromatic rings. The Morgan fingerprint density at radius 1 is 1.42 bits per heavy atom. The van der Waals surface area contributed by atoms with E-state index in [1.807, 2.05) is 4.90 Å². The van der Waals surface area contributed by atoms with E-state index in [1.54, 1.807) is 0 Å². The minimum atomic E-state index is 0.0628. The van der Waals surface area contributed by atoms with Gasteiger partial charge in [-0.3, -0.25) is 4.79 Å². The van der Waals surface area contributed by atoms with Crippen molar-refractivity contribution >= 4 is 5.91 Å². The number of hydrogen-bond donors (Lipinski definition) is 1. The molecule has 0 unspecified atom stereocenters. The van der Waals surface area contributed by atoms with Crippen molar-refractivity contribution in [2.24, 2.45) is 11.8 Å². The smallest absolute Gasteiger partial charge is 0.223 e. The van der Waals surface area contributed by atoms with Crippen LogP contribution in [0.3, 0.4) is 0 Å². The third-order valence-electron chi connectivity index (χ3n) is 4.34. The Kier molecular flexibility index (Phi) is 5.44. The molecule has 1 aliphatic carbocycles. The molecular weight excluding hydrogens is 238 g/mol. The fraction of sp³-hybridized carbons (Fsp3) is 0.812. The Labute approximate surface area is 116 Å². The lowest BCUT2D eigenvalue weighted by Gasteiger charge is -2.33. The number of β-amino-alcohol motifs (C(OH)–C–C–N with tert-alkyl or cyclic N) is 1. The van der Waals surface area contributed by atoms with Crippen molar-refractivity contribution in [3.8, 4) is 0 Å². The van der Waals surface area contributed by atoms with Gasteiger partial charge in [-0.25, -0.2) is 0 Å². The molecule has 1 amide bonds. The highest BCUT2D eigenvalue weighted by Gasteiger charge is 2.25. The van der Waals surface area contributed by atoms with Crippen LogP contribution in [0.1, 0.15) is 51.9 Å². The summed E-state index contributed by atoms with van der Waals surface area (Å²) in [6, 6.07) is 0.205. The van der Waals surface area contributed by atoms with Gasteiger partial charge in [-0.1, -0.05) is 31.9 Å². The van der Waals surface area contributed by atoms with E-state index >= 15 is 0 Å². The van der Waals surface area contributed by atoms with Gasteiger partial charge in [0.25, 0.3) is 0 Å². The van der Waals surface area contributed by atoms with Gasteiger partial charge in [-0.15, -0.1) is 0 Å². The number of hydrogen-bond acceptors (Lipinski definition) is 2. The number of rotatable bonds is 7. The number of amides is 1. The Morgan fingerprint density at radius 3 is 2.89 bits per heavy atom. The number of allylic oxidation sites excluding steroid dienone is 1. The molecule has 2 aliphatic rings. The first-order chi connectivity index (χ1) is 9.20. The summed E-state index contributed by atoms with van der Waals surface area (Å²) in [4.78, 5) is 13.7. The van der Waals surface area contributed by atoms with Gasteiger partial charge < -0.3 is 10.0 Å². The second-order valence-corrected chi connectivity index (χ2v) is 6.15. The normalized spacial score (nSPS) is 26.1. The van der Waals surface area contributed by atoms with Crippen LogP contribution in [0.2, 0.25) is 0 Å². The second-order valence-electron chi connectivity index (χ2n) is 6.15. The first kappa shape index (κ1) is 14.6. The van der Waals surface area contributed by atoms with E-state index in [0.29, 0.717) is 18.9 Å². The highest BCUT2D eigenvalue weighted by molar-refractivity contribution is 5.77. The molecule has 0 radical (unpaired) electrons. The fourth-order valence-corrected chi connectivity index (χ4v) is 2.86. The first-order valence-corrected chi connectivity index (χ1v) is 7.79. The van der Waals surface area contributed by atoms with Gasteiger partial charge in [0.15, 0.2) is 0 Å². The molecule has 1 saturated carbocycles. The molecule has 2 atom stereocenters. The highest BCUT2D eigenvalue weighted by atomic mass is 16.3. The van der Waals surface area contributed by atoms with Crippen molar-refractivity contribution in [2.75, 3.05) is 13.2 Å². The Bertz CT molecular complexity index is 323. The van der Waals surface area contributed by atoms with Crippen molar-refractivity contribution in [1.29, 1.82) is 0 Å². The van der Waals surface area contributed by atoms with E-state index in [9.17, 15) is 4.79 Å². The summed E-state index contributed by atoms with van der Waals surface area (Å²) in [6.45, 7) is 2.80. The molecule has 1 aliphatic heterocycles. The molecule has 2 fully saturated rings. The lowest BCUT2D eigenvalue weighted by atomic mass is 9.97. The van der Waals surface area contributed by atoms with E-state index < -0.39 is 0 Å². The third kappa shape index (κ3) is 4.64. The molecule has 3 nitrogen and oxygen atoms in total. The van der Waals surface area contributed by atoms with Crippen LogP contribution in [0.4, 0.5) is 0 Å². The molecule has 0 spiro atoms.